The summed E-state index contributed by atoms with van der Waals surface area (Å²) >= 11 is 0. The second-order valence-corrected chi connectivity index (χ2v) is 6.59. The van der Waals surface area contributed by atoms with Crippen LogP contribution >= 0.6 is 0 Å². The molecule has 2 aromatic rings. The molecule has 1 aliphatic rings. The standard InChI is InChI=1S/C21H23FN2O3/c1-2-11-27-19-9-7-18(8-10-19)24-14-16(12-20(24)25)21(26)23-13-15-3-5-17(22)6-4-15/h3-10,16H,2,11-14H2,1H3,(H,23,26)/t16-/m0/s1. The summed E-state index contributed by atoms with van der Waals surface area (Å²) in [5.41, 5.74) is 1.58. The lowest BCUT2D eigenvalue weighted by molar-refractivity contribution is -0.126. The summed E-state index contributed by atoms with van der Waals surface area (Å²) in [6.45, 7) is 3.35. The Morgan fingerprint density at radius 2 is 1.89 bits per heavy atom. The van der Waals surface area contributed by atoms with Crippen LogP contribution in [0.5, 0.6) is 5.75 Å². The molecular weight excluding hydrogens is 347 g/mol. The van der Waals surface area contributed by atoms with E-state index in [2.05, 4.69) is 5.32 Å². The Labute approximate surface area is 158 Å². The molecule has 1 aliphatic heterocycles. The van der Waals surface area contributed by atoms with Gasteiger partial charge < -0.3 is 15.0 Å². The summed E-state index contributed by atoms with van der Waals surface area (Å²) in [5, 5.41) is 2.82. The monoisotopic (exact) mass is 370 g/mol. The largest absolute Gasteiger partial charge is 0.494 e. The fraction of sp³-hybridized carbons (Fsp3) is 0.333. The molecule has 0 aromatic heterocycles. The van der Waals surface area contributed by atoms with Gasteiger partial charge in [0.05, 0.1) is 12.5 Å². The van der Waals surface area contributed by atoms with E-state index in [1.165, 1.54) is 12.1 Å². The number of anilines is 1. The van der Waals surface area contributed by atoms with Gasteiger partial charge in [0.25, 0.3) is 0 Å². The van der Waals surface area contributed by atoms with Gasteiger partial charge in [0, 0.05) is 25.2 Å². The van der Waals surface area contributed by atoms with Crippen molar-refractivity contribution < 1.29 is 18.7 Å². The van der Waals surface area contributed by atoms with Crippen molar-refractivity contribution in [3.05, 3.63) is 59.9 Å². The zero-order chi connectivity index (χ0) is 19.2. The van der Waals surface area contributed by atoms with Gasteiger partial charge in [-0.05, 0) is 48.4 Å². The number of carbonyl (C=O) groups excluding carboxylic acids is 2. The summed E-state index contributed by atoms with van der Waals surface area (Å²) < 4.78 is 18.5. The van der Waals surface area contributed by atoms with Crippen LogP contribution < -0.4 is 15.0 Å². The number of hydrogen-bond acceptors (Lipinski definition) is 3. The van der Waals surface area contributed by atoms with Gasteiger partial charge in [-0.25, -0.2) is 4.39 Å². The van der Waals surface area contributed by atoms with Crippen LogP contribution in [-0.4, -0.2) is 25.0 Å². The molecule has 0 aliphatic carbocycles. The molecule has 1 saturated heterocycles. The maximum atomic E-state index is 12.9. The first-order valence-electron chi connectivity index (χ1n) is 9.12. The minimum Gasteiger partial charge on any atom is -0.494 e. The summed E-state index contributed by atoms with van der Waals surface area (Å²) in [4.78, 5) is 26.4. The molecule has 0 bridgehead atoms. The quantitative estimate of drug-likeness (QED) is 0.814. The fourth-order valence-electron chi connectivity index (χ4n) is 3.01. The van der Waals surface area contributed by atoms with Crippen molar-refractivity contribution in [2.45, 2.75) is 26.3 Å². The van der Waals surface area contributed by atoms with E-state index in [0.29, 0.717) is 19.7 Å². The topological polar surface area (TPSA) is 58.6 Å². The van der Waals surface area contributed by atoms with Gasteiger partial charge in [0.2, 0.25) is 11.8 Å². The van der Waals surface area contributed by atoms with Crippen molar-refractivity contribution >= 4 is 17.5 Å². The van der Waals surface area contributed by atoms with E-state index in [0.717, 1.165) is 23.4 Å². The first kappa shape index (κ1) is 18.9. The Morgan fingerprint density at radius 3 is 2.56 bits per heavy atom. The number of rotatable bonds is 7. The van der Waals surface area contributed by atoms with Gasteiger partial charge >= 0.3 is 0 Å². The third-order valence-corrected chi connectivity index (χ3v) is 4.50. The molecule has 5 nitrogen and oxygen atoms in total. The Balaban J connectivity index is 1.56. The number of halogens is 1. The van der Waals surface area contributed by atoms with E-state index < -0.39 is 5.92 Å². The molecule has 0 radical (unpaired) electrons. The van der Waals surface area contributed by atoms with Crippen LogP contribution in [0.4, 0.5) is 10.1 Å². The fourth-order valence-corrected chi connectivity index (χ4v) is 3.01. The van der Waals surface area contributed by atoms with E-state index in [4.69, 9.17) is 4.74 Å². The minimum atomic E-state index is -0.394. The van der Waals surface area contributed by atoms with Crippen molar-refractivity contribution in [3.63, 3.8) is 0 Å². The number of nitrogens with zero attached hydrogens (tertiary/aromatic N) is 1. The maximum Gasteiger partial charge on any atom is 0.227 e. The average molecular weight is 370 g/mol. The number of hydrogen-bond donors (Lipinski definition) is 1. The second-order valence-electron chi connectivity index (χ2n) is 6.59. The van der Waals surface area contributed by atoms with Crippen LogP contribution in [0, 0.1) is 11.7 Å². The molecule has 6 heteroatoms. The molecule has 0 saturated carbocycles. The van der Waals surface area contributed by atoms with Crippen LogP contribution in [0.15, 0.2) is 48.5 Å². The van der Waals surface area contributed by atoms with Crippen LogP contribution in [-0.2, 0) is 16.1 Å². The highest BCUT2D eigenvalue weighted by Crippen LogP contribution is 2.27. The Hall–Kier alpha value is -2.89. The van der Waals surface area contributed by atoms with E-state index in [-0.39, 0.29) is 24.1 Å². The molecule has 1 heterocycles. The molecule has 2 amide bonds. The van der Waals surface area contributed by atoms with Crippen molar-refractivity contribution in [1.29, 1.82) is 0 Å². The molecule has 0 unspecified atom stereocenters. The predicted octanol–water partition coefficient (Wildman–Crippen LogP) is 3.28. The Morgan fingerprint density at radius 1 is 1.19 bits per heavy atom. The lowest BCUT2D eigenvalue weighted by atomic mass is 10.1. The summed E-state index contributed by atoms with van der Waals surface area (Å²) in [5.74, 6) is -0.180. The van der Waals surface area contributed by atoms with E-state index in [1.54, 1.807) is 17.0 Å². The SMILES string of the molecule is CCCOc1ccc(N2C[C@@H](C(=O)NCc3ccc(F)cc3)CC2=O)cc1. The van der Waals surface area contributed by atoms with Gasteiger partial charge in [0.15, 0.2) is 0 Å². The van der Waals surface area contributed by atoms with Gasteiger partial charge in [0.1, 0.15) is 11.6 Å². The lowest BCUT2D eigenvalue weighted by Crippen LogP contribution is -2.32. The van der Waals surface area contributed by atoms with Crippen LogP contribution in [0.25, 0.3) is 0 Å². The van der Waals surface area contributed by atoms with Gasteiger partial charge in [-0.3, -0.25) is 9.59 Å². The number of benzene rings is 2. The second kappa shape index (κ2) is 8.66. The normalized spacial score (nSPS) is 16.4. The first-order valence-corrected chi connectivity index (χ1v) is 9.12. The van der Waals surface area contributed by atoms with E-state index in [1.807, 2.05) is 31.2 Å². The van der Waals surface area contributed by atoms with E-state index >= 15 is 0 Å². The third-order valence-electron chi connectivity index (χ3n) is 4.50. The van der Waals surface area contributed by atoms with Crippen molar-refractivity contribution in [2.75, 3.05) is 18.1 Å². The molecule has 3 rings (SSSR count). The highest BCUT2D eigenvalue weighted by Gasteiger charge is 2.34. The summed E-state index contributed by atoms with van der Waals surface area (Å²) in [6.07, 6.45) is 1.12. The van der Waals surface area contributed by atoms with Crippen LogP contribution in [0.1, 0.15) is 25.3 Å². The molecule has 1 atom stereocenters. The zero-order valence-corrected chi connectivity index (χ0v) is 15.3. The minimum absolute atomic E-state index is 0.0702. The van der Waals surface area contributed by atoms with Crippen LogP contribution in [0.3, 0.4) is 0 Å². The lowest BCUT2D eigenvalue weighted by Gasteiger charge is -2.17. The number of nitrogens with one attached hydrogen (secondary N) is 1. The van der Waals surface area contributed by atoms with Gasteiger partial charge in [-0.2, -0.15) is 0 Å². The van der Waals surface area contributed by atoms with Gasteiger partial charge in [-0.1, -0.05) is 19.1 Å². The predicted molar refractivity (Wildman–Crippen MR) is 101 cm³/mol. The van der Waals surface area contributed by atoms with Gasteiger partial charge in [-0.15, -0.1) is 0 Å². The van der Waals surface area contributed by atoms with Crippen molar-refractivity contribution in [1.82, 2.24) is 5.32 Å². The Kier molecular flexibility index (Phi) is 6.06. The van der Waals surface area contributed by atoms with Crippen molar-refractivity contribution in [3.8, 4) is 5.75 Å². The Bertz CT molecular complexity index is 790. The molecular formula is C21H23FN2O3. The average Bonchev–Trinajstić information content (AvgIpc) is 3.08. The van der Waals surface area contributed by atoms with Crippen LogP contribution in [0.2, 0.25) is 0 Å². The molecule has 1 fully saturated rings. The highest BCUT2D eigenvalue weighted by molar-refractivity contribution is 6.00. The third kappa shape index (κ3) is 4.84. The first-order chi connectivity index (χ1) is 13.1. The van der Waals surface area contributed by atoms with E-state index in [9.17, 15) is 14.0 Å². The summed E-state index contributed by atoms with van der Waals surface area (Å²) in [6, 6.07) is 13.3. The molecule has 2 aromatic carbocycles. The molecule has 1 N–H and O–H groups in total. The smallest absolute Gasteiger partial charge is 0.227 e. The zero-order valence-electron chi connectivity index (χ0n) is 15.3. The number of carbonyl (C=O) groups is 2. The summed E-state index contributed by atoms with van der Waals surface area (Å²) in [7, 11) is 0. The molecule has 0 spiro atoms. The maximum absolute atomic E-state index is 12.9. The van der Waals surface area contributed by atoms with Crippen molar-refractivity contribution in [2.24, 2.45) is 5.92 Å². The molecule has 27 heavy (non-hydrogen) atoms. The highest BCUT2D eigenvalue weighted by atomic mass is 19.1. The number of ether oxygens (including phenoxy) is 1. The number of amides is 2. The molecule has 142 valence electrons.